The summed E-state index contributed by atoms with van der Waals surface area (Å²) >= 11 is 0. The van der Waals surface area contributed by atoms with Gasteiger partial charge in [-0.2, -0.15) is 10.2 Å². The van der Waals surface area contributed by atoms with Crippen LogP contribution in [0.5, 0.6) is 11.5 Å². The molecule has 0 spiro atoms. The van der Waals surface area contributed by atoms with Gasteiger partial charge in [0.1, 0.15) is 11.2 Å². The molecule has 29 heavy (non-hydrogen) atoms. The van der Waals surface area contributed by atoms with Crippen LogP contribution in [-0.4, -0.2) is 41.7 Å². The average Bonchev–Trinajstić information content (AvgIpc) is 3.51. The number of benzene rings is 1. The van der Waals surface area contributed by atoms with Crippen LogP contribution in [-0.2, 0) is 7.05 Å². The number of ether oxygens (including phenoxy) is 2. The molecule has 4 aromatic heterocycles. The summed E-state index contributed by atoms with van der Waals surface area (Å²) < 4.78 is 12.6. The van der Waals surface area contributed by atoms with Gasteiger partial charge in [-0.05, 0) is 30.3 Å². The van der Waals surface area contributed by atoms with Crippen LogP contribution < -0.4 is 9.47 Å². The molecule has 0 unspecified atom stereocenters. The fourth-order valence-electron chi connectivity index (χ4n) is 3.46. The second-order valence-electron chi connectivity index (χ2n) is 6.78. The number of aromatic amines is 2. The first-order valence-electron chi connectivity index (χ1n) is 9.04. The van der Waals surface area contributed by atoms with E-state index in [9.17, 15) is 0 Å². The highest BCUT2D eigenvalue weighted by Crippen LogP contribution is 2.37. The summed E-state index contributed by atoms with van der Waals surface area (Å²) in [5.74, 6) is 2.12. The maximum Gasteiger partial charge on any atom is 0.231 e. The third-order valence-corrected chi connectivity index (χ3v) is 4.88. The van der Waals surface area contributed by atoms with Crippen molar-refractivity contribution < 1.29 is 9.47 Å². The van der Waals surface area contributed by atoms with Gasteiger partial charge in [0.25, 0.3) is 0 Å². The topological polar surface area (TPSA) is 107 Å². The van der Waals surface area contributed by atoms with Gasteiger partial charge in [-0.25, -0.2) is 4.98 Å². The molecule has 6 rings (SSSR count). The van der Waals surface area contributed by atoms with Crippen molar-refractivity contribution in [1.82, 2.24) is 34.9 Å². The maximum atomic E-state index is 5.49. The third kappa shape index (κ3) is 2.55. The number of H-pyrrole nitrogens is 2. The van der Waals surface area contributed by atoms with Crippen LogP contribution in [0.4, 0.5) is 0 Å². The lowest BCUT2D eigenvalue weighted by Gasteiger charge is -2.03. The molecule has 0 amide bonds. The Bertz CT molecular complexity index is 1360. The number of hydrogen-bond acceptors (Lipinski definition) is 6. The summed E-state index contributed by atoms with van der Waals surface area (Å²) in [5, 5.41) is 11.6. The minimum absolute atomic E-state index is 0.237. The van der Waals surface area contributed by atoms with E-state index in [2.05, 4.69) is 25.3 Å². The van der Waals surface area contributed by atoms with Crippen LogP contribution in [0.15, 0.2) is 48.9 Å². The molecular formula is C20H15N7O2. The first-order chi connectivity index (χ1) is 14.2. The van der Waals surface area contributed by atoms with Crippen LogP contribution >= 0.6 is 0 Å². The number of pyridine rings is 1. The van der Waals surface area contributed by atoms with E-state index in [0.717, 1.165) is 45.0 Å². The Hall–Kier alpha value is -4.14. The zero-order valence-electron chi connectivity index (χ0n) is 15.4. The Morgan fingerprint density at radius 1 is 1.07 bits per heavy atom. The largest absolute Gasteiger partial charge is 0.454 e. The standard InChI is InChI=1S/C20H15N7O2/c1-27-9-12(8-22-27)14-7-15(26-25-14)20-23-13-4-5-21-18(19(13)24-20)11-2-3-16-17(6-11)29-10-28-16/h2-9H,10H2,1H3,(H,23,24)(H,25,26). The normalized spacial score (nSPS) is 12.7. The molecule has 0 atom stereocenters. The molecule has 0 bridgehead atoms. The van der Waals surface area contributed by atoms with E-state index in [1.54, 1.807) is 17.1 Å². The van der Waals surface area contributed by atoms with E-state index in [0.29, 0.717) is 11.6 Å². The van der Waals surface area contributed by atoms with Crippen molar-refractivity contribution in [1.29, 1.82) is 0 Å². The van der Waals surface area contributed by atoms with Crippen molar-refractivity contribution in [3.8, 4) is 45.5 Å². The highest BCUT2D eigenvalue weighted by molar-refractivity contribution is 5.91. The van der Waals surface area contributed by atoms with Crippen LogP contribution in [0.1, 0.15) is 0 Å². The number of nitrogens with zero attached hydrogens (tertiary/aromatic N) is 5. The SMILES string of the molecule is Cn1cc(-c2cc(-c3nc4c(-c5ccc6c(c5)OCO6)nccc4[nH]3)n[nH]2)cn1. The molecule has 1 aromatic carbocycles. The Balaban J connectivity index is 1.43. The minimum atomic E-state index is 0.237. The molecule has 1 aliphatic rings. The van der Waals surface area contributed by atoms with Gasteiger partial charge in [0.05, 0.1) is 23.1 Å². The molecule has 0 saturated carbocycles. The van der Waals surface area contributed by atoms with Gasteiger partial charge >= 0.3 is 0 Å². The minimum Gasteiger partial charge on any atom is -0.454 e. The summed E-state index contributed by atoms with van der Waals surface area (Å²) in [6, 6.07) is 9.62. The lowest BCUT2D eigenvalue weighted by molar-refractivity contribution is 0.174. The lowest BCUT2D eigenvalue weighted by atomic mass is 10.1. The predicted molar refractivity (Wildman–Crippen MR) is 105 cm³/mol. The summed E-state index contributed by atoms with van der Waals surface area (Å²) in [7, 11) is 1.88. The van der Waals surface area contributed by atoms with E-state index in [4.69, 9.17) is 14.5 Å². The molecule has 5 aromatic rings. The molecular weight excluding hydrogens is 370 g/mol. The molecule has 0 aliphatic carbocycles. The van der Waals surface area contributed by atoms with Crippen LogP contribution in [0.3, 0.4) is 0 Å². The average molecular weight is 385 g/mol. The summed E-state index contributed by atoms with van der Waals surface area (Å²) in [5.41, 5.74) is 5.90. The predicted octanol–water partition coefficient (Wildman–Crippen LogP) is 3.14. The number of rotatable bonds is 3. The molecule has 9 nitrogen and oxygen atoms in total. The first-order valence-corrected chi connectivity index (χ1v) is 9.04. The number of aryl methyl sites for hydroxylation is 1. The quantitative estimate of drug-likeness (QED) is 0.494. The fourth-order valence-corrected chi connectivity index (χ4v) is 3.46. The number of aromatic nitrogens is 7. The first kappa shape index (κ1) is 15.9. The Morgan fingerprint density at radius 3 is 2.90 bits per heavy atom. The highest BCUT2D eigenvalue weighted by atomic mass is 16.7. The molecule has 9 heteroatoms. The number of imidazole rings is 1. The summed E-state index contributed by atoms with van der Waals surface area (Å²) in [6.45, 7) is 0.237. The zero-order valence-corrected chi connectivity index (χ0v) is 15.4. The van der Waals surface area contributed by atoms with Crippen molar-refractivity contribution in [3.05, 3.63) is 48.9 Å². The van der Waals surface area contributed by atoms with Gasteiger partial charge in [0, 0.05) is 30.6 Å². The van der Waals surface area contributed by atoms with Gasteiger partial charge in [-0.15, -0.1) is 0 Å². The van der Waals surface area contributed by atoms with Crippen LogP contribution in [0.25, 0.3) is 45.1 Å². The van der Waals surface area contributed by atoms with Crippen LogP contribution in [0.2, 0.25) is 0 Å². The number of fused-ring (bicyclic) bond motifs is 2. The van der Waals surface area contributed by atoms with E-state index in [1.165, 1.54) is 0 Å². The van der Waals surface area contributed by atoms with Crippen molar-refractivity contribution in [2.45, 2.75) is 0 Å². The van der Waals surface area contributed by atoms with Crippen molar-refractivity contribution >= 4 is 11.0 Å². The second-order valence-corrected chi connectivity index (χ2v) is 6.78. The van der Waals surface area contributed by atoms with E-state index in [-0.39, 0.29) is 6.79 Å². The van der Waals surface area contributed by atoms with Crippen molar-refractivity contribution in [2.24, 2.45) is 7.05 Å². The lowest BCUT2D eigenvalue weighted by Crippen LogP contribution is -1.92. The van der Waals surface area contributed by atoms with Gasteiger partial charge in [-0.1, -0.05) is 0 Å². The fraction of sp³-hybridized carbons (Fsp3) is 0.100. The van der Waals surface area contributed by atoms with Gasteiger partial charge in [0.15, 0.2) is 17.3 Å². The molecule has 0 fully saturated rings. The van der Waals surface area contributed by atoms with E-state index >= 15 is 0 Å². The van der Waals surface area contributed by atoms with Crippen LogP contribution in [0, 0.1) is 0 Å². The molecule has 5 heterocycles. The van der Waals surface area contributed by atoms with E-state index in [1.807, 2.05) is 43.6 Å². The summed E-state index contributed by atoms with van der Waals surface area (Å²) in [6.07, 6.45) is 5.48. The Kier molecular flexibility index (Phi) is 3.25. The Morgan fingerprint density at radius 2 is 2.00 bits per heavy atom. The highest BCUT2D eigenvalue weighted by Gasteiger charge is 2.18. The molecule has 0 radical (unpaired) electrons. The van der Waals surface area contributed by atoms with Gasteiger partial charge in [0.2, 0.25) is 6.79 Å². The maximum absolute atomic E-state index is 5.49. The van der Waals surface area contributed by atoms with E-state index < -0.39 is 0 Å². The number of nitrogens with one attached hydrogen (secondary N) is 2. The zero-order chi connectivity index (χ0) is 19.4. The van der Waals surface area contributed by atoms with Crippen molar-refractivity contribution in [3.63, 3.8) is 0 Å². The third-order valence-electron chi connectivity index (χ3n) is 4.88. The monoisotopic (exact) mass is 385 g/mol. The van der Waals surface area contributed by atoms with Gasteiger partial charge in [-0.3, -0.25) is 14.8 Å². The molecule has 142 valence electrons. The summed E-state index contributed by atoms with van der Waals surface area (Å²) in [4.78, 5) is 12.7. The molecule has 1 aliphatic heterocycles. The molecule has 2 N–H and O–H groups in total. The second kappa shape index (κ2) is 5.93. The molecule has 0 saturated heterocycles. The number of hydrogen-bond donors (Lipinski definition) is 2. The van der Waals surface area contributed by atoms with Crippen molar-refractivity contribution in [2.75, 3.05) is 6.79 Å². The van der Waals surface area contributed by atoms with Gasteiger partial charge < -0.3 is 14.5 Å². The smallest absolute Gasteiger partial charge is 0.231 e. The Labute approximate surface area is 164 Å².